The molecule has 0 radical (unpaired) electrons. The molecular formula is C8H8BNO3S. The molecule has 0 unspecified atom stereocenters. The van der Waals surface area contributed by atoms with Gasteiger partial charge in [-0.2, -0.15) is 0 Å². The average Bonchev–Trinajstić information content (AvgIpc) is 2.43. The van der Waals surface area contributed by atoms with E-state index < -0.39 is 0 Å². The van der Waals surface area contributed by atoms with Crippen molar-refractivity contribution in [3.8, 4) is 5.75 Å². The number of fused-ring (bicyclic) bond motifs is 1. The molecule has 2 aromatic rings. The summed E-state index contributed by atoms with van der Waals surface area (Å²) >= 11 is 1.16. The van der Waals surface area contributed by atoms with Gasteiger partial charge in [-0.15, -0.1) is 0 Å². The van der Waals surface area contributed by atoms with E-state index in [1.165, 1.54) is 0 Å². The zero-order chi connectivity index (χ0) is 10.1. The average molecular weight is 209 g/mol. The summed E-state index contributed by atoms with van der Waals surface area (Å²) in [6.07, 6.45) is 0. The van der Waals surface area contributed by atoms with Crippen LogP contribution in [-0.2, 0) is 7.05 Å². The SMILES string of the molecule is Cn1c(=O)sc2cc(OBO)ccc21. The summed E-state index contributed by atoms with van der Waals surface area (Å²) in [5.41, 5.74) is 0.880. The highest BCUT2D eigenvalue weighted by Crippen LogP contribution is 2.22. The van der Waals surface area contributed by atoms with Crippen molar-refractivity contribution in [3.05, 3.63) is 27.9 Å². The van der Waals surface area contributed by atoms with Crippen molar-refractivity contribution in [3.63, 3.8) is 0 Å². The first-order valence-corrected chi connectivity index (χ1v) is 4.87. The van der Waals surface area contributed by atoms with Gasteiger partial charge in [-0.05, 0) is 18.2 Å². The van der Waals surface area contributed by atoms with Gasteiger partial charge in [0, 0.05) is 7.05 Å². The Balaban J connectivity index is 2.61. The molecule has 6 heteroatoms. The van der Waals surface area contributed by atoms with Crippen LogP contribution in [0.25, 0.3) is 10.2 Å². The van der Waals surface area contributed by atoms with Crippen molar-refractivity contribution in [1.29, 1.82) is 0 Å². The van der Waals surface area contributed by atoms with Gasteiger partial charge in [0.15, 0.2) is 0 Å². The maximum Gasteiger partial charge on any atom is 0.504 e. The zero-order valence-corrected chi connectivity index (χ0v) is 8.37. The summed E-state index contributed by atoms with van der Waals surface area (Å²) in [7, 11) is 1.38. The van der Waals surface area contributed by atoms with Crippen LogP contribution in [0.3, 0.4) is 0 Å². The summed E-state index contributed by atoms with van der Waals surface area (Å²) < 4.78 is 7.36. The molecule has 0 aliphatic carbocycles. The molecule has 0 aliphatic heterocycles. The normalized spacial score (nSPS) is 10.4. The number of nitrogens with zero attached hydrogens (tertiary/aromatic N) is 1. The van der Waals surface area contributed by atoms with E-state index in [0.29, 0.717) is 5.75 Å². The lowest BCUT2D eigenvalue weighted by atomic mass is 10.3. The lowest BCUT2D eigenvalue weighted by Crippen LogP contribution is -2.06. The number of aryl methyl sites for hydroxylation is 1. The van der Waals surface area contributed by atoms with Crippen molar-refractivity contribution >= 4 is 29.2 Å². The molecule has 72 valence electrons. The van der Waals surface area contributed by atoms with Crippen LogP contribution in [-0.4, -0.2) is 17.3 Å². The summed E-state index contributed by atoms with van der Waals surface area (Å²) in [5.74, 6) is 0.571. The molecule has 1 N–H and O–H groups in total. The van der Waals surface area contributed by atoms with Gasteiger partial charge in [0.25, 0.3) is 0 Å². The summed E-state index contributed by atoms with van der Waals surface area (Å²) in [6, 6.07) is 5.28. The van der Waals surface area contributed by atoms with E-state index in [4.69, 9.17) is 9.68 Å². The fraction of sp³-hybridized carbons (Fsp3) is 0.125. The molecule has 1 aromatic carbocycles. The molecule has 4 nitrogen and oxygen atoms in total. The van der Waals surface area contributed by atoms with Gasteiger partial charge >= 0.3 is 12.6 Å². The van der Waals surface area contributed by atoms with Gasteiger partial charge in [-0.3, -0.25) is 4.79 Å². The maximum atomic E-state index is 11.3. The van der Waals surface area contributed by atoms with Crippen LogP contribution >= 0.6 is 11.3 Å². The number of thiazole rings is 1. The topological polar surface area (TPSA) is 51.5 Å². The van der Waals surface area contributed by atoms with Crippen LogP contribution in [0.4, 0.5) is 0 Å². The summed E-state index contributed by atoms with van der Waals surface area (Å²) in [4.78, 5) is 11.3. The van der Waals surface area contributed by atoms with Crippen LogP contribution in [0.1, 0.15) is 0 Å². The lowest BCUT2D eigenvalue weighted by Gasteiger charge is -2.01. The first-order chi connectivity index (χ1) is 6.72. The standard InChI is InChI=1S/C8H8BNO3S/c1-10-6-3-2-5(13-9-12)4-7(6)14-8(10)11/h2-4,9,12H,1H3. The van der Waals surface area contributed by atoms with Gasteiger partial charge in [0.05, 0.1) is 10.2 Å². The minimum absolute atomic E-state index is 0.00106. The highest BCUT2D eigenvalue weighted by Gasteiger charge is 2.04. The minimum atomic E-state index is -0.354. The molecule has 0 atom stereocenters. The van der Waals surface area contributed by atoms with E-state index in [1.54, 1.807) is 29.8 Å². The van der Waals surface area contributed by atoms with Crippen LogP contribution in [0.15, 0.2) is 23.0 Å². The van der Waals surface area contributed by atoms with Crippen LogP contribution in [0.5, 0.6) is 5.75 Å². The van der Waals surface area contributed by atoms with Gasteiger partial charge in [0.1, 0.15) is 5.75 Å². The lowest BCUT2D eigenvalue weighted by molar-refractivity contribution is 0.454. The number of rotatable bonds is 2. The molecule has 2 rings (SSSR count). The Morgan fingerprint density at radius 1 is 1.57 bits per heavy atom. The largest absolute Gasteiger partial charge is 0.539 e. The predicted octanol–water partition coefficient (Wildman–Crippen LogP) is 0.238. The Morgan fingerprint density at radius 2 is 2.36 bits per heavy atom. The first-order valence-electron chi connectivity index (χ1n) is 4.05. The van der Waals surface area contributed by atoms with Crippen LogP contribution < -0.4 is 9.53 Å². The highest BCUT2D eigenvalue weighted by molar-refractivity contribution is 7.16. The molecule has 1 aromatic heterocycles. The molecule has 14 heavy (non-hydrogen) atoms. The second-order valence-electron chi connectivity index (χ2n) is 2.83. The monoisotopic (exact) mass is 209 g/mol. The van der Waals surface area contributed by atoms with Gasteiger partial charge in [-0.1, -0.05) is 11.3 Å². The molecule has 0 saturated carbocycles. The Labute approximate surface area is 84.7 Å². The fourth-order valence-corrected chi connectivity index (χ4v) is 2.19. The van der Waals surface area contributed by atoms with Crippen molar-refractivity contribution in [2.75, 3.05) is 0 Å². The second kappa shape index (κ2) is 3.47. The van der Waals surface area contributed by atoms with E-state index in [-0.39, 0.29) is 12.6 Å². The third-order valence-electron chi connectivity index (χ3n) is 1.99. The summed E-state index contributed by atoms with van der Waals surface area (Å²) in [6.45, 7) is 0. The molecule has 1 heterocycles. The molecular weight excluding hydrogens is 201 g/mol. The smallest absolute Gasteiger partial charge is 0.504 e. The quantitative estimate of drug-likeness (QED) is 0.720. The van der Waals surface area contributed by atoms with Crippen molar-refractivity contribution < 1.29 is 9.68 Å². The fourth-order valence-electron chi connectivity index (χ4n) is 1.28. The number of benzene rings is 1. The molecule has 0 spiro atoms. The van der Waals surface area contributed by atoms with E-state index in [1.807, 2.05) is 0 Å². The molecule has 0 bridgehead atoms. The van der Waals surface area contributed by atoms with Crippen LogP contribution in [0, 0.1) is 0 Å². The zero-order valence-electron chi connectivity index (χ0n) is 7.56. The van der Waals surface area contributed by atoms with Crippen molar-refractivity contribution in [2.24, 2.45) is 7.05 Å². The van der Waals surface area contributed by atoms with E-state index in [9.17, 15) is 4.79 Å². The maximum absolute atomic E-state index is 11.3. The Hall–Kier alpha value is -1.27. The van der Waals surface area contributed by atoms with Gasteiger partial charge in [0.2, 0.25) is 0 Å². The Morgan fingerprint density at radius 3 is 3.07 bits per heavy atom. The molecule has 0 fully saturated rings. The number of hydrogen-bond donors (Lipinski definition) is 1. The molecule has 0 saturated heterocycles. The molecule has 0 aliphatic rings. The second-order valence-corrected chi connectivity index (χ2v) is 3.82. The van der Waals surface area contributed by atoms with E-state index in [0.717, 1.165) is 21.6 Å². The Bertz CT molecular complexity index is 519. The van der Waals surface area contributed by atoms with E-state index in [2.05, 4.69) is 0 Å². The minimum Gasteiger partial charge on any atom is -0.539 e. The van der Waals surface area contributed by atoms with Crippen LogP contribution in [0.2, 0.25) is 0 Å². The summed E-state index contributed by atoms with van der Waals surface area (Å²) in [5, 5.41) is 8.57. The first kappa shape index (κ1) is 9.30. The number of aromatic nitrogens is 1. The van der Waals surface area contributed by atoms with Gasteiger partial charge in [-0.25, -0.2) is 0 Å². The van der Waals surface area contributed by atoms with Crippen molar-refractivity contribution in [2.45, 2.75) is 0 Å². The van der Waals surface area contributed by atoms with Gasteiger partial charge < -0.3 is 14.2 Å². The third kappa shape index (κ3) is 1.42. The van der Waals surface area contributed by atoms with Crippen molar-refractivity contribution in [1.82, 2.24) is 4.57 Å². The number of hydrogen-bond acceptors (Lipinski definition) is 4. The molecule has 0 amide bonds. The third-order valence-corrected chi connectivity index (χ3v) is 2.99. The van der Waals surface area contributed by atoms with E-state index >= 15 is 0 Å². The Kier molecular flexibility index (Phi) is 2.31. The predicted molar refractivity (Wildman–Crippen MR) is 57.1 cm³/mol. The highest BCUT2D eigenvalue weighted by atomic mass is 32.1.